The molecule has 7 heteroatoms. The molecule has 1 aromatic rings. The zero-order valence-corrected chi connectivity index (χ0v) is 12.2. The van der Waals surface area contributed by atoms with E-state index in [2.05, 4.69) is 20.8 Å². The smallest absolute Gasteiger partial charge is 0.174 e. The normalized spacial score (nSPS) is 16.5. The molecular formula is C12H18Cl2N4O. The Morgan fingerprint density at radius 3 is 2.89 bits per heavy atom. The largest absolute Gasteiger partial charge is 0.382 e. The van der Waals surface area contributed by atoms with Crippen molar-refractivity contribution < 1.29 is 4.74 Å². The van der Waals surface area contributed by atoms with Gasteiger partial charge < -0.3 is 15.4 Å². The third-order valence-electron chi connectivity index (χ3n) is 3.00. The number of rotatable bonds is 6. The molecule has 1 aliphatic heterocycles. The molecule has 1 aliphatic rings. The summed E-state index contributed by atoms with van der Waals surface area (Å²) in [6, 6.07) is 1.67. The molecule has 19 heavy (non-hydrogen) atoms. The van der Waals surface area contributed by atoms with E-state index < -0.39 is 0 Å². The number of nitrogens with zero attached hydrogens (tertiary/aromatic N) is 2. The van der Waals surface area contributed by atoms with E-state index >= 15 is 0 Å². The number of piperidine rings is 1. The summed E-state index contributed by atoms with van der Waals surface area (Å²) >= 11 is 11.7. The first-order valence-electron chi connectivity index (χ1n) is 6.50. The highest BCUT2D eigenvalue weighted by Gasteiger charge is 2.12. The van der Waals surface area contributed by atoms with Gasteiger partial charge in [0.25, 0.3) is 0 Å². The predicted molar refractivity (Wildman–Crippen MR) is 77.0 cm³/mol. The van der Waals surface area contributed by atoms with Crippen molar-refractivity contribution in [3.8, 4) is 0 Å². The van der Waals surface area contributed by atoms with Crippen molar-refractivity contribution in [1.29, 1.82) is 0 Å². The van der Waals surface area contributed by atoms with Gasteiger partial charge in [-0.1, -0.05) is 23.2 Å². The molecular weight excluding hydrogens is 287 g/mol. The number of anilines is 1. The molecule has 0 aliphatic carbocycles. The van der Waals surface area contributed by atoms with Gasteiger partial charge in [-0.05, 0) is 32.4 Å². The summed E-state index contributed by atoms with van der Waals surface area (Å²) in [5, 5.41) is 14.6. The fourth-order valence-corrected chi connectivity index (χ4v) is 2.29. The third-order valence-corrected chi connectivity index (χ3v) is 3.46. The van der Waals surface area contributed by atoms with Gasteiger partial charge >= 0.3 is 0 Å². The van der Waals surface area contributed by atoms with Crippen molar-refractivity contribution in [3.63, 3.8) is 0 Å². The van der Waals surface area contributed by atoms with Crippen LogP contribution in [0.5, 0.6) is 0 Å². The van der Waals surface area contributed by atoms with Crippen LogP contribution in [0.25, 0.3) is 0 Å². The lowest BCUT2D eigenvalue weighted by molar-refractivity contribution is 0.0329. The lowest BCUT2D eigenvalue weighted by Crippen LogP contribution is -2.32. The van der Waals surface area contributed by atoms with Gasteiger partial charge in [0.2, 0.25) is 0 Å². The molecule has 0 aromatic carbocycles. The quantitative estimate of drug-likeness (QED) is 0.790. The van der Waals surface area contributed by atoms with Gasteiger partial charge in [0.1, 0.15) is 0 Å². The van der Waals surface area contributed by atoms with Crippen LogP contribution in [-0.2, 0) is 4.74 Å². The Labute approximate surface area is 123 Å². The van der Waals surface area contributed by atoms with Crippen molar-refractivity contribution in [1.82, 2.24) is 15.5 Å². The standard InChI is InChI=1S/C12H18Cl2N4O/c13-11-8-10(12(14)18-17-11)16-4-1-7-19-9-2-5-15-6-3-9/h8-9,15H,1-7H2,(H,16,17). The van der Waals surface area contributed by atoms with Crippen LogP contribution < -0.4 is 10.6 Å². The first-order valence-corrected chi connectivity index (χ1v) is 7.26. The SMILES string of the molecule is Clc1cc(NCCCOC2CCNCC2)c(Cl)nn1. The summed E-state index contributed by atoms with van der Waals surface area (Å²) in [7, 11) is 0. The van der Waals surface area contributed by atoms with Crippen molar-refractivity contribution in [2.75, 3.05) is 31.6 Å². The number of hydrogen-bond acceptors (Lipinski definition) is 5. The van der Waals surface area contributed by atoms with E-state index in [1.54, 1.807) is 6.07 Å². The predicted octanol–water partition coefficient (Wildman–Crippen LogP) is 2.35. The molecule has 2 N–H and O–H groups in total. The molecule has 106 valence electrons. The van der Waals surface area contributed by atoms with Crippen molar-refractivity contribution in [3.05, 3.63) is 16.4 Å². The Hall–Kier alpha value is -0.620. The van der Waals surface area contributed by atoms with Crippen LogP contribution in [0.3, 0.4) is 0 Å². The van der Waals surface area contributed by atoms with E-state index in [4.69, 9.17) is 27.9 Å². The highest BCUT2D eigenvalue weighted by atomic mass is 35.5. The number of ether oxygens (including phenoxy) is 1. The Bertz CT molecular complexity index is 399. The minimum absolute atomic E-state index is 0.331. The van der Waals surface area contributed by atoms with E-state index in [0.717, 1.165) is 45.5 Å². The van der Waals surface area contributed by atoms with Crippen LogP contribution in [0, 0.1) is 0 Å². The number of halogens is 2. The van der Waals surface area contributed by atoms with E-state index in [0.29, 0.717) is 22.1 Å². The summed E-state index contributed by atoms with van der Waals surface area (Å²) in [4.78, 5) is 0. The van der Waals surface area contributed by atoms with Gasteiger partial charge in [0.05, 0.1) is 11.8 Å². The molecule has 1 saturated heterocycles. The highest BCUT2D eigenvalue weighted by molar-refractivity contribution is 6.33. The molecule has 2 rings (SSSR count). The average Bonchev–Trinajstić information content (AvgIpc) is 2.43. The monoisotopic (exact) mass is 304 g/mol. The number of hydrogen-bond donors (Lipinski definition) is 2. The van der Waals surface area contributed by atoms with Crippen LogP contribution in [0.2, 0.25) is 10.3 Å². The maximum absolute atomic E-state index is 5.90. The molecule has 2 heterocycles. The fourth-order valence-electron chi connectivity index (χ4n) is 1.98. The van der Waals surface area contributed by atoms with Crippen LogP contribution in [0.15, 0.2) is 6.07 Å². The zero-order chi connectivity index (χ0) is 13.5. The second kappa shape index (κ2) is 7.85. The topological polar surface area (TPSA) is 59.1 Å². The lowest BCUT2D eigenvalue weighted by Gasteiger charge is -2.22. The third kappa shape index (κ3) is 5.10. The van der Waals surface area contributed by atoms with Crippen LogP contribution in [-0.4, -0.2) is 42.5 Å². The molecule has 0 spiro atoms. The Morgan fingerprint density at radius 2 is 2.11 bits per heavy atom. The molecule has 0 atom stereocenters. The van der Waals surface area contributed by atoms with Crippen LogP contribution >= 0.6 is 23.2 Å². The van der Waals surface area contributed by atoms with E-state index in [-0.39, 0.29) is 0 Å². The molecule has 0 radical (unpaired) electrons. The molecule has 0 saturated carbocycles. The average molecular weight is 305 g/mol. The van der Waals surface area contributed by atoms with E-state index in [1.807, 2.05) is 0 Å². The van der Waals surface area contributed by atoms with Gasteiger partial charge in [0, 0.05) is 19.2 Å². The second-order valence-corrected chi connectivity index (χ2v) is 5.22. The van der Waals surface area contributed by atoms with Crippen molar-refractivity contribution in [2.45, 2.75) is 25.4 Å². The summed E-state index contributed by atoms with van der Waals surface area (Å²) in [5.74, 6) is 0. The summed E-state index contributed by atoms with van der Waals surface area (Å²) < 4.78 is 5.81. The minimum Gasteiger partial charge on any atom is -0.382 e. The van der Waals surface area contributed by atoms with Crippen LogP contribution in [0.4, 0.5) is 5.69 Å². The molecule has 0 amide bonds. The summed E-state index contributed by atoms with van der Waals surface area (Å²) in [6.45, 7) is 3.63. The molecule has 0 unspecified atom stereocenters. The van der Waals surface area contributed by atoms with E-state index in [9.17, 15) is 0 Å². The first-order chi connectivity index (χ1) is 9.25. The maximum atomic E-state index is 5.90. The van der Waals surface area contributed by atoms with Crippen molar-refractivity contribution in [2.24, 2.45) is 0 Å². The lowest BCUT2D eigenvalue weighted by atomic mass is 10.1. The number of aromatic nitrogens is 2. The molecule has 1 fully saturated rings. The van der Waals surface area contributed by atoms with Gasteiger partial charge in [-0.25, -0.2) is 0 Å². The first kappa shape index (κ1) is 14.8. The minimum atomic E-state index is 0.331. The summed E-state index contributed by atoms with van der Waals surface area (Å²) in [5.41, 5.74) is 0.712. The molecule has 5 nitrogen and oxygen atoms in total. The van der Waals surface area contributed by atoms with E-state index in [1.165, 1.54) is 0 Å². The zero-order valence-electron chi connectivity index (χ0n) is 10.7. The van der Waals surface area contributed by atoms with Crippen molar-refractivity contribution >= 4 is 28.9 Å². The highest BCUT2D eigenvalue weighted by Crippen LogP contribution is 2.20. The van der Waals surface area contributed by atoms with Crippen LogP contribution in [0.1, 0.15) is 19.3 Å². The van der Waals surface area contributed by atoms with Gasteiger partial charge in [-0.15, -0.1) is 10.2 Å². The molecule has 0 bridgehead atoms. The second-order valence-electron chi connectivity index (χ2n) is 4.47. The Morgan fingerprint density at radius 1 is 1.32 bits per heavy atom. The Kier molecular flexibility index (Phi) is 6.10. The summed E-state index contributed by atoms with van der Waals surface area (Å²) in [6.07, 6.45) is 3.52. The maximum Gasteiger partial charge on any atom is 0.174 e. The van der Waals surface area contributed by atoms with Gasteiger partial charge in [-0.2, -0.15) is 0 Å². The van der Waals surface area contributed by atoms with Gasteiger partial charge in [-0.3, -0.25) is 0 Å². The van der Waals surface area contributed by atoms with Gasteiger partial charge in [0.15, 0.2) is 10.3 Å². The number of nitrogens with one attached hydrogen (secondary N) is 2. The fraction of sp³-hybridized carbons (Fsp3) is 0.667. The molecule has 1 aromatic heterocycles. The Balaban J connectivity index is 1.62.